The first kappa shape index (κ1) is 16.8. The molecular formula is C15H16N2O5S. The van der Waals surface area contributed by atoms with E-state index in [4.69, 9.17) is 4.42 Å². The van der Waals surface area contributed by atoms with Crippen LogP contribution in [0.4, 0.5) is 5.69 Å². The number of carbonyl (C=O) groups is 2. The number of hydrogen-bond acceptors (Lipinski definition) is 5. The minimum absolute atomic E-state index is 0.0996. The number of hydrogen-bond donors (Lipinski definition) is 2. The van der Waals surface area contributed by atoms with Crippen LogP contribution in [0.5, 0.6) is 0 Å². The number of sulfone groups is 1. The van der Waals surface area contributed by atoms with Gasteiger partial charge >= 0.3 is 0 Å². The highest BCUT2D eigenvalue weighted by Crippen LogP contribution is 2.15. The average molecular weight is 336 g/mol. The molecule has 122 valence electrons. The van der Waals surface area contributed by atoms with Gasteiger partial charge in [-0.25, -0.2) is 8.42 Å². The molecule has 1 aromatic carbocycles. The summed E-state index contributed by atoms with van der Waals surface area (Å²) in [6.45, 7) is 1.51. The molecule has 23 heavy (non-hydrogen) atoms. The number of amides is 2. The summed E-state index contributed by atoms with van der Waals surface area (Å²) in [5.74, 6) is -0.887. The summed E-state index contributed by atoms with van der Waals surface area (Å²) in [6, 6.07) is 8.11. The standard InChI is InChI=1S/C15H16N2O5S/c1-10(16-15(19)13-7-4-8-22-13)14(18)17-11-5-3-6-12(9-11)23(2,20)21/h3-10H,1-2H3,(H,16,19)(H,17,18). The van der Waals surface area contributed by atoms with Gasteiger partial charge in [0, 0.05) is 11.9 Å². The van der Waals surface area contributed by atoms with Gasteiger partial charge in [-0.05, 0) is 37.3 Å². The van der Waals surface area contributed by atoms with Gasteiger partial charge in [-0.15, -0.1) is 0 Å². The van der Waals surface area contributed by atoms with Gasteiger partial charge < -0.3 is 15.1 Å². The van der Waals surface area contributed by atoms with Crippen LogP contribution in [0.2, 0.25) is 0 Å². The first-order chi connectivity index (χ1) is 10.8. The molecule has 0 saturated carbocycles. The van der Waals surface area contributed by atoms with E-state index < -0.39 is 27.7 Å². The average Bonchev–Trinajstić information content (AvgIpc) is 3.00. The fraction of sp³-hybridized carbons (Fsp3) is 0.200. The fourth-order valence-corrected chi connectivity index (χ4v) is 2.46. The van der Waals surface area contributed by atoms with Crippen molar-refractivity contribution in [1.29, 1.82) is 0 Å². The molecule has 1 heterocycles. The minimum atomic E-state index is -3.36. The maximum atomic E-state index is 12.1. The van der Waals surface area contributed by atoms with E-state index in [2.05, 4.69) is 10.6 Å². The van der Waals surface area contributed by atoms with Crippen LogP contribution in [0, 0.1) is 0 Å². The summed E-state index contributed by atoms with van der Waals surface area (Å²) < 4.78 is 27.9. The highest BCUT2D eigenvalue weighted by Gasteiger charge is 2.18. The Kier molecular flexibility index (Phi) is 4.85. The Bertz CT molecular complexity index is 812. The fourth-order valence-electron chi connectivity index (χ4n) is 1.80. The summed E-state index contributed by atoms with van der Waals surface area (Å²) in [7, 11) is -3.36. The minimum Gasteiger partial charge on any atom is -0.459 e. The summed E-state index contributed by atoms with van der Waals surface area (Å²) in [5, 5.41) is 5.04. The molecule has 2 N–H and O–H groups in total. The van der Waals surface area contributed by atoms with Crippen LogP contribution < -0.4 is 10.6 Å². The molecular weight excluding hydrogens is 320 g/mol. The molecule has 2 amide bonds. The molecule has 1 atom stereocenters. The quantitative estimate of drug-likeness (QED) is 0.859. The van der Waals surface area contributed by atoms with Gasteiger partial charge in [0.15, 0.2) is 15.6 Å². The van der Waals surface area contributed by atoms with E-state index in [1.54, 1.807) is 12.1 Å². The number of carbonyl (C=O) groups excluding carboxylic acids is 2. The van der Waals surface area contributed by atoms with E-state index in [0.717, 1.165) is 6.26 Å². The molecule has 2 aromatic rings. The zero-order chi connectivity index (χ0) is 17.0. The Balaban J connectivity index is 2.03. The molecule has 0 aliphatic rings. The molecule has 0 aliphatic carbocycles. The van der Waals surface area contributed by atoms with Crippen molar-refractivity contribution in [2.24, 2.45) is 0 Å². The molecule has 0 aliphatic heterocycles. The van der Waals surface area contributed by atoms with E-state index >= 15 is 0 Å². The Morgan fingerprint density at radius 3 is 2.52 bits per heavy atom. The first-order valence-corrected chi connectivity index (χ1v) is 8.62. The van der Waals surface area contributed by atoms with Gasteiger partial charge in [0.1, 0.15) is 6.04 Å². The third-order valence-corrected chi connectivity index (χ3v) is 4.13. The molecule has 0 saturated heterocycles. The Morgan fingerprint density at radius 1 is 1.17 bits per heavy atom. The normalized spacial score (nSPS) is 12.4. The zero-order valence-electron chi connectivity index (χ0n) is 12.6. The van der Waals surface area contributed by atoms with Crippen molar-refractivity contribution >= 4 is 27.3 Å². The smallest absolute Gasteiger partial charge is 0.287 e. The predicted octanol–water partition coefficient (Wildman–Crippen LogP) is 1.44. The summed E-state index contributed by atoms with van der Waals surface area (Å²) in [5.41, 5.74) is 0.331. The number of anilines is 1. The van der Waals surface area contributed by atoms with Gasteiger partial charge in [-0.3, -0.25) is 9.59 Å². The molecule has 0 radical (unpaired) electrons. The van der Waals surface area contributed by atoms with Crippen LogP contribution in [-0.4, -0.2) is 32.5 Å². The first-order valence-electron chi connectivity index (χ1n) is 6.73. The van der Waals surface area contributed by atoms with Crippen molar-refractivity contribution < 1.29 is 22.4 Å². The van der Waals surface area contributed by atoms with Crippen molar-refractivity contribution in [2.45, 2.75) is 17.9 Å². The molecule has 1 unspecified atom stereocenters. The van der Waals surface area contributed by atoms with Crippen LogP contribution in [-0.2, 0) is 14.6 Å². The van der Waals surface area contributed by atoms with Crippen molar-refractivity contribution in [3.05, 3.63) is 48.4 Å². The van der Waals surface area contributed by atoms with Gasteiger partial charge in [-0.2, -0.15) is 0 Å². The third-order valence-electron chi connectivity index (χ3n) is 3.02. The second-order valence-electron chi connectivity index (χ2n) is 4.96. The summed E-state index contributed by atoms with van der Waals surface area (Å²) in [6.07, 6.45) is 2.44. The van der Waals surface area contributed by atoms with Crippen LogP contribution >= 0.6 is 0 Å². The molecule has 0 bridgehead atoms. The number of rotatable bonds is 5. The Morgan fingerprint density at radius 2 is 1.91 bits per heavy atom. The summed E-state index contributed by atoms with van der Waals surface area (Å²) >= 11 is 0. The molecule has 1 aromatic heterocycles. The lowest BCUT2D eigenvalue weighted by Crippen LogP contribution is -2.41. The number of benzene rings is 1. The topological polar surface area (TPSA) is 105 Å². The predicted molar refractivity (Wildman–Crippen MR) is 83.8 cm³/mol. The number of nitrogens with one attached hydrogen (secondary N) is 2. The van der Waals surface area contributed by atoms with Crippen LogP contribution in [0.25, 0.3) is 0 Å². The maximum absolute atomic E-state index is 12.1. The van der Waals surface area contributed by atoms with Gasteiger partial charge in [0.2, 0.25) is 5.91 Å². The molecule has 7 nitrogen and oxygen atoms in total. The molecule has 0 spiro atoms. The molecule has 2 rings (SSSR count). The van der Waals surface area contributed by atoms with E-state index in [1.165, 1.54) is 37.5 Å². The highest BCUT2D eigenvalue weighted by atomic mass is 32.2. The zero-order valence-corrected chi connectivity index (χ0v) is 13.4. The van der Waals surface area contributed by atoms with Gasteiger partial charge in [0.05, 0.1) is 11.2 Å². The molecule has 8 heteroatoms. The van der Waals surface area contributed by atoms with Crippen molar-refractivity contribution in [3.8, 4) is 0 Å². The largest absolute Gasteiger partial charge is 0.459 e. The maximum Gasteiger partial charge on any atom is 0.287 e. The van der Waals surface area contributed by atoms with Gasteiger partial charge in [0.25, 0.3) is 5.91 Å². The lowest BCUT2D eigenvalue weighted by Gasteiger charge is -2.13. The lowest BCUT2D eigenvalue weighted by molar-refractivity contribution is -0.117. The second kappa shape index (κ2) is 6.66. The Hall–Kier alpha value is -2.61. The SMILES string of the molecule is CC(NC(=O)c1ccco1)C(=O)Nc1cccc(S(C)(=O)=O)c1. The van der Waals surface area contributed by atoms with Gasteiger partial charge in [-0.1, -0.05) is 6.07 Å². The van der Waals surface area contributed by atoms with Crippen LogP contribution in [0.3, 0.4) is 0 Å². The third kappa shape index (κ3) is 4.43. The van der Waals surface area contributed by atoms with E-state index in [9.17, 15) is 18.0 Å². The van der Waals surface area contributed by atoms with Crippen LogP contribution in [0.15, 0.2) is 52.0 Å². The second-order valence-corrected chi connectivity index (χ2v) is 6.98. The van der Waals surface area contributed by atoms with E-state index in [1.807, 2.05) is 0 Å². The summed E-state index contributed by atoms with van der Waals surface area (Å²) in [4.78, 5) is 24.0. The number of furan rings is 1. The van der Waals surface area contributed by atoms with Crippen molar-refractivity contribution in [2.75, 3.05) is 11.6 Å². The van der Waals surface area contributed by atoms with Crippen LogP contribution in [0.1, 0.15) is 17.5 Å². The van der Waals surface area contributed by atoms with Crippen molar-refractivity contribution in [3.63, 3.8) is 0 Å². The van der Waals surface area contributed by atoms with E-state index in [0.29, 0.717) is 5.69 Å². The lowest BCUT2D eigenvalue weighted by atomic mass is 10.2. The highest BCUT2D eigenvalue weighted by molar-refractivity contribution is 7.90. The van der Waals surface area contributed by atoms with Crippen molar-refractivity contribution in [1.82, 2.24) is 5.32 Å². The van der Waals surface area contributed by atoms with E-state index in [-0.39, 0.29) is 10.7 Å². The Labute approximate surface area is 133 Å². The monoisotopic (exact) mass is 336 g/mol. The molecule has 0 fully saturated rings.